The molecule has 0 aromatic heterocycles. The maximum absolute atomic E-state index is 10.5. The lowest BCUT2D eigenvalue weighted by atomic mass is 10.2. The van der Waals surface area contributed by atoms with Gasteiger partial charge < -0.3 is 19.7 Å². The molecule has 116 valence electrons. The Labute approximate surface area is 124 Å². The molecule has 5 nitrogen and oxygen atoms in total. The van der Waals surface area contributed by atoms with Crippen molar-refractivity contribution in [1.29, 1.82) is 0 Å². The van der Waals surface area contributed by atoms with E-state index in [1.807, 2.05) is 0 Å². The zero-order chi connectivity index (χ0) is 15.5. The van der Waals surface area contributed by atoms with Gasteiger partial charge in [0.1, 0.15) is 5.75 Å². The minimum Gasteiger partial charge on any atom is -0.478 e. The zero-order valence-electron chi connectivity index (χ0n) is 12.2. The van der Waals surface area contributed by atoms with Crippen molar-refractivity contribution in [1.82, 2.24) is 0 Å². The normalized spacial score (nSPS) is 12.5. The summed E-state index contributed by atoms with van der Waals surface area (Å²) in [6.45, 7) is 1.19. The summed E-state index contributed by atoms with van der Waals surface area (Å²) in [5, 5.41) is 18.3. The maximum atomic E-state index is 10.5. The van der Waals surface area contributed by atoms with Crippen molar-refractivity contribution in [3.8, 4) is 5.75 Å². The summed E-state index contributed by atoms with van der Waals surface area (Å²) in [6.07, 6.45) is 6.63. The number of carboxylic acid groups (broad SMARTS) is 1. The Hall–Kier alpha value is -1.85. The first-order valence-corrected chi connectivity index (χ1v) is 7.10. The Balaban J connectivity index is 2.48. The molecule has 1 rings (SSSR count). The van der Waals surface area contributed by atoms with Gasteiger partial charge in [0.25, 0.3) is 0 Å². The number of ether oxygens (including phenoxy) is 2. The molecule has 21 heavy (non-hydrogen) atoms. The van der Waals surface area contributed by atoms with Gasteiger partial charge in [-0.15, -0.1) is 0 Å². The largest absolute Gasteiger partial charge is 0.478 e. The highest BCUT2D eigenvalue weighted by atomic mass is 16.8. The number of hydrogen-bond acceptors (Lipinski definition) is 4. The number of carboxylic acids is 1. The summed E-state index contributed by atoms with van der Waals surface area (Å²) in [4.78, 5) is 10.5. The highest BCUT2D eigenvalue weighted by molar-refractivity contribution is 5.85. The van der Waals surface area contributed by atoms with Crippen LogP contribution in [0.15, 0.2) is 30.3 Å². The number of carbonyl (C=O) groups is 1. The molecule has 0 saturated heterocycles. The van der Waals surface area contributed by atoms with E-state index in [2.05, 4.69) is 6.92 Å². The molecule has 1 aromatic carbocycles. The van der Waals surface area contributed by atoms with Gasteiger partial charge in [0.05, 0.1) is 6.61 Å². The van der Waals surface area contributed by atoms with Crippen LogP contribution in [0.2, 0.25) is 0 Å². The van der Waals surface area contributed by atoms with Crippen LogP contribution in [-0.2, 0) is 9.53 Å². The van der Waals surface area contributed by atoms with E-state index >= 15 is 0 Å². The van der Waals surface area contributed by atoms with Gasteiger partial charge in [-0.2, -0.15) is 0 Å². The fourth-order valence-corrected chi connectivity index (χ4v) is 1.74. The molecule has 2 N–H and O–H groups in total. The molecule has 0 aliphatic heterocycles. The van der Waals surface area contributed by atoms with Gasteiger partial charge in [0, 0.05) is 11.6 Å². The average molecular weight is 294 g/mol. The summed E-state index contributed by atoms with van der Waals surface area (Å²) < 4.78 is 10.4. The van der Waals surface area contributed by atoms with E-state index in [1.165, 1.54) is 6.08 Å². The molecule has 0 heterocycles. The number of benzene rings is 1. The first-order chi connectivity index (χ1) is 10.1. The van der Waals surface area contributed by atoms with Crippen molar-refractivity contribution >= 4 is 12.0 Å². The lowest BCUT2D eigenvalue weighted by molar-refractivity contribution is -0.216. The number of hydrogen-bond donors (Lipinski definition) is 2. The lowest BCUT2D eigenvalue weighted by Crippen LogP contribution is -2.20. The zero-order valence-corrected chi connectivity index (χ0v) is 12.2. The molecule has 0 radical (unpaired) electrons. The van der Waals surface area contributed by atoms with E-state index in [0.717, 1.165) is 31.8 Å². The molecule has 1 unspecified atom stereocenters. The SMILES string of the molecule is CCCCCCOC(O)Oc1ccccc1/C=C/C(=O)O. The molecule has 1 aromatic rings. The molecular formula is C16H22O5. The maximum Gasteiger partial charge on any atom is 0.328 e. The van der Waals surface area contributed by atoms with Crippen molar-refractivity contribution in [3.63, 3.8) is 0 Å². The predicted molar refractivity (Wildman–Crippen MR) is 79.8 cm³/mol. The van der Waals surface area contributed by atoms with Crippen LogP contribution in [0.4, 0.5) is 0 Å². The third-order valence-electron chi connectivity index (χ3n) is 2.81. The Bertz CT molecular complexity index is 456. The minimum atomic E-state index is -1.36. The number of rotatable bonds is 10. The van der Waals surface area contributed by atoms with Crippen LogP contribution in [0.3, 0.4) is 0 Å². The molecule has 0 bridgehead atoms. The van der Waals surface area contributed by atoms with Crippen molar-refractivity contribution in [3.05, 3.63) is 35.9 Å². The van der Waals surface area contributed by atoms with Crippen LogP contribution in [0.5, 0.6) is 5.75 Å². The number of para-hydroxylation sites is 1. The molecule has 0 amide bonds. The van der Waals surface area contributed by atoms with Gasteiger partial charge in [-0.1, -0.05) is 44.4 Å². The fraction of sp³-hybridized carbons (Fsp3) is 0.438. The van der Waals surface area contributed by atoms with E-state index in [0.29, 0.717) is 17.9 Å². The van der Waals surface area contributed by atoms with Gasteiger partial charge in [-0.3, -0.25) is 0 Å². The Morgan fingerprint density at radius 1 is 1.29 bits per heavy atom. The Kier molecular flexibility index (Phi) is 8.16. The molecule has 1 atom stereocenters. The Morgan fingerprint density at radius 2 is 2.05 bits per heavy atom. The molecule has 0 saturated carbocycles. The molecular weight excluding hydrogens is 272 g/mol. The fourth-order valence-electron chi connectivity index (χ4n) is 1.74. The molecule has 0 aliphatic carbocycles. The number of aliphatic carboxylic acids is 1. The summed E-state index contributed by atoms with van der Waals surface area (Å²) in [5.41, 5.74) is 0.563. The number of unbranched alkanes of at least 4 members (excludes halogenated alkanes) is 3. The van der Waals surface area contributed by atoms with Gasteiger partial charge in [0.2, 0.25) is 0 Å². The minimum absolute atomic E-state index is 0.371. The van der Waals surface area contributed by atoms with Crippen molar-refractivity contribution in [2.24, 2.45) is 0 Å². The summed E-state index contributed by atoms with van der Waals surface area (Å²) in [5.74, 6) is -0.673. The smallest absolute Gasteiger partial charge is 0.328 e. The second-order valence-corrected chi connectivity index (χ2v) is 4.57. The van der Waals surface area contributed by atoms with E-state index in [4.69, 9.17) is 14.6 Å². The average Bonchev–Trinajstić information content (AvgIpc) is 2.46. The summed E-state index contributed by atoms with van der Waals surface area (Å²) >= 11 is 0. The third kappa shape index (κ3) is 7.48. The van der Waals surface area contributed by atoms with Crippen LogP contribution in [0.1, 0.15) is 38.2 Å². The van der Waals surface area contributed by atoms with Crippen LogP contribution >= 0.6 is 0 Å². The van der Waals surface area contributed by atoms with Gasteiger partial charge in [-0.25, -0.2) is 4.79 Å². The van der Waals surface area contributed by atoms with Crippen molar-refractivity contribution < 1.29 is 24.5 Å². The molecule has 0 fully saturated rings. The van der Waals surface area contributed by atoms with E-state index in [1.54, 1.807) is 24.3 Å². The van der Waals surface area contributed by atoms with Crippen LogP contribution in [0, 0.1) is 0 Å². The quantitative estimate of drug-likeness (QED) is 0.394. The summed E-state index contributed by atoms with van der Waals surface area (Å²) in [7, 11) is 0. The molecule has 0 aliphatic rings. The van der Waals surface area contributed by atoms with Crippen LogP contribution in [0.25, 0.3) is 6.08 Å². The standard InChI is InChI=1S/C16H22O5/c1-2-3-4-7-12-20-16(19)21-14-9-6-5-8-13(14)10-11-15(17)18/h5-6,8-11,16,19H,2-4,7,12H2,1H3,(H,17,18)/b11-10+. The highest BCUT2D eigenvalue weighted by Crippen LogP contribution is 2.20. The van der Waals surface area contributed by atoms with Gasteiger partial charge >= 0.3 is 12.4 Å². The highest BCUT2D eigenvalue weighted by Gasteiger charge is 2.08. The topological polar surface area (TPSA) is 76.0 Å². The van der Waals surface area contributed by atoms with E-state index < -0.39 is 12.4 Å². The molecule has 0 spiro atoms. The predicted octanol–water partition coefficient (Wildman–Crippen LogP) is 3.04. The van der Waals surface area contributed by atoms with Crippen molar-refractivity contribution in [2.45, 2.75) is 39.1 Å². The van der Waals surface area contributed by atoms with E-state index in [9.17, 15) is 9.90 Å². The third-order valence-corrected chi connectivity index (χ3v) is 2.81. The van der Waals surface area contributed by atoms with E-state index in [-0.39, 0.29) is 0 Å². The first kappa shape index (κ1) is 17.2. The van der Waals surface area contributed by atoms with Crippen LogP contribution in [-0.4, -0.2) is 29.3 Å². The lowest BCUT2D eigenvalue weighted by Gasteiger charge is -2.15. The second-order valence-electron chi connectivity index (χ2n) is 4.57. The number of aliphatic hydroxyl groups excluding tert-OH is 1. The van der Waals surface area contributed by atoms with Gasteiger partial charge in [0.15, 0.2) is 0 Å². The van der Waals surface area contributed by atoms with Crippen LogP contribution < -0.4 is 4.74 Å². The summed E-state index contributed by atoms with van der Waals surface area (Å²) in [6, 6.07) is 6.84. The first-order valence-electron chi connectivity index (χ1n) is 7.10. The van der Waals surface area contributed by atoms with Gasteiger partial charge in [-0.05, 0) is 18.6 Å². The molecule has 5 heteroatoms. The monoisotopic (exact) mass is 294 g/mol. The second kappa shape index (κ2) is 9.96. The Morgan fingerprint density at radius 3 is 2.76 bits per heavy atom. The van der Waals surface area contributed by atoms with Crippen molar-refractivity contribution in [2.75, 3.05) is 6.61 Å². The number of aliphatic hydroxyl groups is 1.